The second-order valence-corrected chi connectivity index (χ2v) is 5.58. The van der Waals surface area contributed by atoms with E-state index in [-0.39, 0.29) is 0 Å². The van der Waals surface area contributed by atoms with Crippen molar-refractivity contribution in [2.75, 3.05) is 53.7 Å². The molecular formula is C17H26N2O5. The third-order valence-electron chi connectivity index (χ3n) is 3.98. The number of nitrogens with zero attached hydrogens (tertiary/aromatic N) is 1. The smallest absolute Gasteiger partial charge is 0.322 e. The Morgan fingerprint density at radius 2 is 2.08 bits per heavy atom. The molecule has 1 fully saturated rings. The van der Waals surface area contributed by atoms with Gasteiger partial charge in [0, 0.05) is 31.6 Å². The molecule has 2 rings (SSSR count). The molecule has 1 aliphatic heterocycles. The van der Waals surface area contributed by atoms with E-state index in [1.165, 1.54) is 7.11 Å². The summed E-state index contributed by atoms with van der Waals surface area (Å²) in [4.78, 5) is 13.9. The van der Waals surface area contributed by atoms with E-state index < -0.39 is 12.0 Å². The van der Waals surface area contributed by atoms with E-state index in [4.69, 9.17) is 19.9 Å². The molecule has 0 aliphatic carbocycles. The summed E-state index contributed by atoms with van der Waals surface area (Å²) >= 11 is 0. The monoisotopic (exact) mass is 338 g/mol. The minimum Gasteiger partial charge on any atom is -0.493 e. The normalized spacial score (nSPS) is 16.5. The Hall–Kier alpha value is -1.83. The summed E-state index contributed by atoms with van der Waals surface area (Å²) in [5.74, 6) is 0.816. The molecule has 1 aliphatic rings. The van der Waals surface area contributed by atoms with Crippen molar-refractivity contribution in [2.24, 2.45) is 5.73 Å². The first-order chi connectivity index (χ1) is 11.7. The fourth-order valence-electron chi connectivity index (χ4n) is 2.62. The number of nitrogens with two attached hydrogens (primary N) is 1. The van der Waals surface area contributed by atoms with E-state index in [2.05, 4.69) is 9.64 Å². The fraction of sp³-hybridized carbons (Fsp3) is 0.588. The van der Waals surface area contributed by atoms with E-state index in [0.717, 1.165) is 38.4 Å². The van der Waals surface area contributed by atoms with Gasteiger partial charge < -0.3 is 24.7 Å². The van der Waals surface area contributed by atoms with Crippen LogP contribution >= 0.6 is 0 Å². The number of esters is 1. The number of rotatable bonds is 8. The van der Waals surface area contributed by atoms with Crippen LogP contribution in [-0.4, -0.2) is 70.6 Å². The predicted molar refractivity (Wildman–Crippen MR) is 89.4 cm³/mol. The summed E-state index contributed by atoms with van der Waals surface area (Å²) in [7, 11) is 2.92. The maximum absolute atomic E-state index is 11.6. The van der Waals surface area contributed by atoms with Crippen molar-refractivity contribution in [1.82, 2.24) is 4.90 Å². The van der Waals surface area contributed by atoms with Gasteiger partial charge in [0.1, 0.15) is 12.6 Å². The number of hydrogen-bond donors (Lipinski definition) is 1. The van der Waals surface area contributed by atoms with E-state index in [9.17, 15) is 4.79 Å². The van der Waals surface area contributed by atoms with Crippen molar-refractivity contribution in [2.45, 2.75) is 12.5 Å². The number of para-hydroxylation sites is 1. The highest BCUT2D eigenvalue weighted by Crippen LogP contribution is 2.31. The van der Waals surface area contributed by atoms with Gasteiger partial charge in [-0.05, 0) is 6.07 Å². The molecule has 0 spiro atoms. The number of hydrogen-bond acceptors (Lipinski definition) is 7. The molecule has 7 heteroatoms. The first kappa shape index (κ1) is 18.5. The highest BCUT2D eigenvalue weighted by Gasteiger charge is 2.19. The molecule has 0 aromatic heterocycles. The average Bonchev–Trinajstić information content (AvgIpc) is 2.62. The molecule has 0 radical (unpaired) electrons. The van der Waals surface area contributed by atoms with Gasteiger partial charge in [0.15, 0.2) is 11.5 Å². The zero-order valence-corrected chi connectivity index (χ0v) is 14.3. The van der Waals surface area contributed by atoms with Crippen LogP contribution in [0.5, 0.6) is 11.5 Å². The third-order valence-corrected chi connectivity index (χ3v) is 3.98. The Balaban J connectivity index is 2.01. The second-order valence-electron chi connectivity index (χ2n) is 5.58. The Morgan fingerprint density at radius 3 is 2.75 bits per heavy atom. The highest BCUT2D eigenvalue weighted by molar-refractivity contribution is 5.76. The van der Waals surface area contributed by atoms with Crippen LogP contribution in [0.3, 0.4) is 0 Å². The lowest BCUT2D eigenvalue weighted by molar-refractivity contribution is -0.142. The van der Waals surface area contributed by atoms with Crippen LogP contribution in [0.25, 0.3) is 0 Å². The third kappa shape index (κ3) is 5.09. The average molecular weight is 338 g/mol. The molecule has 0 saturated carbocycles. The van der Waals surface area contributed by atoms with Gasteiger partial charge in [0.05, 0.1) is 27.4 Å². The van der Waals surface area contributed by atoms with Gasteiger partial charge in [-0.2, -0.15) is 0 Å². The Kier molecular flexibility index (Phi) is 7.30. The van der Waals surface area contributed by atoms with Crippen LogP contribution in [0, 0.1) is 0 Å². The van der Waals surface area contributed by atoms with Gasteiger partial charge in [0.25, 0.3) is 0 Å². The molecular weight excluding hydrogens is 312 g/mol. The predicted octanol–water partition coefficient (Wildman–Crippen LogP) is 0.449. The fourth-order valence-corrected chi connectivity index (χ4v) is 2.62. The SMILES string of the molecule is COC(=O)C(N)Cc1cccc(OC)c1OCCN1CCOCC1. The lowest BCUT2D eigenvalue weighted by atomic mass is 10.0. The van der Waals surface area contributed by atoms with Gasteiger partial charge in [-0.3, -0.25) is 9.69 Å². The molecule has 24 heavy (non-hydrogen) atoms. The zero-order valence-electron chi connectivity index (χ0n) is 14.3. The van der Waals surface area contributed by atoms with Gasteiger partial charge in [0.2, 0.25) is 0 Å². The maximum atomic E-state index is 11.6. The molecule has 1 aromatic carbocycles. The summed E-state index contributed by atoms with van der Waals surface area (Å²) in [5.41, 5.74) is 6.70. The van der Waals surface area contributed by atoms with Crippen LogP contribution in [0.15, 0.2) is 18.2 Å². The Bertz CT molecular complexity index is 532. The number of carbonyl (C=O) groups is 1. The number of benzene rings is 1. The van der Waals surface area contributed by atoms with Crippen molar-refractivity contribution >= 4 is 5.97 Å². The quantitative estimate of drug-likeness (QED) is 0.689. The summed E-state index contributed by atoms with van der Waals surface area (Å²) in [5, 5.41) is 0. The Labute approximate surface area is 142 Å². The number of ether oxygens (including phenoxy) is 4. The van der Waals surface area contributed by atoms with Gasteiger partial charge in [-0.15, -0.1) is 0 Å². The molecule has 1 aromatic rings. The largest absolute Gasteiger partial charge is 0.493 e. The topological polar surface area (TPSA) is 83.2 Å². The zero-order chi connectivity index (χ0) is 17.4. The molecule has 0 bridgehead atoms. The minimum atomic E-state index is -0.733. The standard InChI is InChI=1S/C17H26N2O5/c1-21-15-5-3-4-13(12-14(18)17(20)22-2)16(15)24-11-8-19-6-9-23-10-7-19/h3-5,14H,6-12,18H2,1-2H3. The minimum absolute atomic E-state index is 0.330. The van der Waals surface area contributed by atoms with Gasteiger partial charge in [-0.1, -0.05) is 12.1 Å². The number of carbonyl (C=O) groups excluding carboxylic acids is 1. The van der Waals surface area contributed by atoms with Crippen LogP contribution < -0.4 is 15.2 Å². The van der Waals surface area contributed by atoms with Crippen LogP contribution in [0.2, 0.25) is 0 Å². The lowest BCUT2D eigenvalue weighted by Crippen LogP contribution is -2.38. The molecule has 7 nitrogen and oxygen atoms in total. The first-order valence-electron chi connectivity index (χ1n) is 8.08. The van der Waals surface area contributed by atoms with Crippen molar-refractivity contribution in [3.63, 3.8) is 0 Å². The highest BCUT2D eigenvalue weighted by atomic mass is 16.5. The number of methoxy groups -OCH3 is 2. The lowest BCUT2D eigenvalue weighted by Gasteiger charge is -2.26. The molecule has 0 amide bonds. The van der Waals surface area contributed by atoms with Gasteiger partial charge >= 0.3 is 5.97 Å². The summed E-state index contributed by atoms with van der Waals surface area (Å²) in [6.45, 7) is 4.68. The van der Waals surface area contributed by atoms with Crippen molar-refractivity contribution in [3.8, 4) is 11.5 Å². The van der Waals surface area contributed by atoms with Crippen LogP contribution in [0.1, 0.15) is 5.56 Å². The molecule has 2 N–H and O–H groups in total. The van der Waals surface area contributed by atoms with E-state index in [1.54, 1.807) is 7.11 Å². The van der Waals surface area contributed by atoms with E-state index in [0.29, 0.717) is 24.5 Å². The molecule has 134 valence electrons. The summed E-state index contributed by atoms with van der Waals surface area (Å²) < 4.78 is 21.4. The van der Waals surface area contributed by atoms with Crippen molar-refractivity contribution in [1.29, 1.82) is 0 Å². The maximum Gasteiger partial charge on any atom is 0.322 e. The second kappa shape index (κ2) is 9.46. The van der Waals surface area contributed by atoms with Crippen LogP contribution in [-0.2, 0) is 20.7 Å². The van der Waals surface area contributed by atoms with Gasteiger partial charge in [-0.25, -0.2) is 0 Å². The summed E-state index contributed by atoms with van der Waals surface area (Å²) in [6.07, 6.45) is 0.330. The number of morpholine rings is 1. The molecule has 1 atom stereocenters. The van der Waals surface area contributed by atoms with Crippen LogP contribution in [0.4, 0.5) is 0 Å². The Morgan fingerprint density at radius 1 is 1.33 bits per heavy atom. The van der Waals surface area contributed by atoms with Crippen molar-refractivity contribution < 1.29 is 23.7 Å². The summed E-state index contributed by atoms with van der Waals surface area (Å²) in [6, 6.07) is 4.84. The van der Waals surface area contributed by atoms with Crippen molar-refractivity contribution in [3.05, 3.63) is 23.8 Å². The van der Waals surface area contributed by atoms with E-state index in [1.807, 2.05) is 18.2 Å². The first-order valence-corrected chi connectivity index (χ1v) is 8.08. The molecule has 1 heterocycles. The van der Waals surface area contributed by atoms with E-state index >= 15 is 0 Å². The molecule has 1 unspecified atom stereocenters. The molecule has 1 saturated heterocycles.